The van der Waals surface area contributed by atoms with Crippen LogP contribution in [0.5, 0.6) is 5.88 Å². The zero-order valence-corrected chi connectivity index (χ0v) is 13.5. The first-order chi connectivity index (χ1) is 11.5. The maximum absolute atomic E-state index is 12.4. The SMILES string of the molecule is CCc1ccc(N=Nc2c(C)c(C#N)c(O)n(CCO)c2=O)cc1. The van der Waals surface area contributed by atoms with E-state index in [4.69, 9.17) is 5.11 Å². The molecule has 1 aromatic carbocycles. The highest BCUT2D eigenvalue weighted by Crippen LogP contribution is 2.26. The summed E-state index contributed by atoms with van der Waals surface area (Å²) >= 11 is 0. The van der Waals surface area contributed by atoms with Crippen molar-refractivity contribution in [3.63, 3.8) is 0 Å². The Hall–Kier alpha value is -2.98. The molecule has 0 radical (unpaired) electrons. The molecule has 0 aliphatic carbocycles. The van der Waals surface area contributed by atoms with Gasteiger partial charge in [0.1, 0.15) is 11.6 Å². The van der Waals surface area contributed by atoms with E-state index in [9.17, 15) is 15.2 Å². The molecule has 0 amide bonds. The fourth-order valence-corrected chi connectivity index (χ4v) is 2.27. The predicted octanol–water partition coefficient (Wildman–Crippen LogP) is 2.70. The number of azo groups is 1. The molecule has 0 aliphatic rings. The van der Waals surface area contributed by atoms with Gasteiger partial charge in [0.2, 0.25) is 5.88 Å². The lowest BCUT2D eigenvalue weighted by Crippen LogP contribution is -2.23. The molecule has 0 fully saturated rings. The molecule has 0 bridgehead atoms. The lowest BCUT2D eigenvalue weighted by atomic mass is 10.1. The molecule has 0 atom stereocenters. The quantitative estimate of drug-likeness (QED) is 0.823. The zero-order chi connectivity index (χ0) is 17.7. The molecule has 7 heteroatoms. The molecule has 0 unspecified atom stereocenters. The molecule has 24 heavy (non-hydrogen) atoms. The van der Waals surface area contributed by atoms with E-state index in [2.05, 4.69) is 10.2 Å². The molecular weight excluding hydrogens is 308 g/mol. The second-order valence-electron chi connectivity index (χ2n) is 5.18. The molecule has 0 saturated carbocycles. The molecule has 1 heterocycles. The fourth-order valence-electron chi connectivity index (χ4n) is 2.27. The number of pyridine rings is 1. The van der Waals surface area contributed by atoms with Crippen LogP contribution in [-0.2, 0) is 13.0 Å². The third kappa shape index (κ3) is 3.34. The maximum atomic E-state index is 12.4. The Bertz CT molecular complexity index is 861. The molecule has 7 nitrogen and oxygen atoms in total. The van der Waals surface area contributed by atoms with Crippen molar-refractivity contribution in [1.82, 2.24) is 4.57 Å². The number of aromatic nitrogens is 1. The van der Waals surface area contributed by atoms with E-state index < -0.39 is 11.4 Å². The first-order valence-corrected chi connectivity index (χ1v) is 7.51. The molecule has 0 aliphatic heterocycles. The molecule has 0 saturated heterocycles. The summed E-state index contributed by atoms with van der Waals surface area (Å²) in [6.45, 7) is 3.09. The summed E-state index contributed by atoms with van der Waals surface area (Å²) in [6, 6.07) is 9.26. The minimum absolute atomic E-state index is 0.0302. The van der Waals surface area contributed by atoms with Crippen LogP contribution in [0.2, 0.25) is 0 Å². The third-order valence-electron chi connectivity index (χ3n) is 3.70. The van der Waals surface area contributed by atoms with Crippen LogP contribution in [0.3, 0.4) is 0 Å². The molecule has 124 valence electrons. The number of aryl methyl sites for hydroxylation is 1. The highest BCUT2D eigenvalue weighted by atomic mass is 16.3. The number of rotatable bonds is 5. The van der Waals surface area contributed by atoms with E-state index in [0.717, 1.165) is 16.6 Å². The summed E-state index contributed by atoms with van der Waals surface area (Å²) in [4.78, 5) is 12.4. The molecule has 2 aromatic rings. The number of nitriles is 1. The van der Waals surface area contributed by atoms with Gasteiger partial charge in [-0.25, -0.2) is 0 Å². The Morgan fingerprint density at radius 1 is 1.25 bits per heavy atom. The Kier molecular flexibility index (Phi) is 5.45. The van der Waals surface area contributed by atoms with E-state index in [1.54, 1.807) is 12.1 Å². The van der Waals surface area contributed by atoms with E-state index in [-0.39, 0.29) is 30.0 Å². The topological polar surface area (TPSA) is 111 Å². The third-order valence-corrected chi connectivity index (χ3v) is 3.70. The monoisotopic (exact) mass is 326 g/mol. The molecule has 2 N–H and O–H groups in total. The largest absolute Gasteiger partial charge is 0.493 e. The second-order valence-corrected chi connectivity index (χ2v) is 5.18. The van der Waals surface area contributed by atoms with E-state index in [1.165, 1.54) is 6.92 Å². The minimum Gasteiger partial charge on any atom is -0.493 e. The summed E-state index contributed by atoms with van der Waals surface area (Å²) in [5.74, 6) is -0.472. The van der Waals surface area contributed by atoms with Crippen LogP contribution in [-0.4, -0.2) is 21.4 Å². The van der Waals surface area contributed by atoms with Crippen LogP contribution in [0, 0.1) is 18.3 Å². The van der Waals surface area contributed by atoms with Crippen molar-refractivity contribution in [2.75, 3.05) is 6.61 Å². The van der Waals surface area contributed by atoms with Gasteiger partial charge in [0.05, 0.1) is 18.8 Å². The van der Waals surface area contributed by atoms with Crippen LogP contribution in [0.25, 0.3) is 0 Å². The van der Waals surface area contributed by atoms with Crippen molar-refractivity contribution in [1.29, 1.82) is 5.26 Å². The van der Waals surface area contributed by atoms with E-state index in [0.29, 0.717) is 5.69 Å². The number of aliphatic hydroxyl groups is 1. The van der Waals surface area contributed by atoms with Crippen molar-refractivity contribution in [2.24, 2.45) is 10.2 Å². The summed E-state index contributed by atoms with van der Waals surface area (Å²) in [5, 5.41) is 36.2. The standard InChI is InChI=1S/C17H18N4O3/c1-3-12-4-6-13(7-5-12)19-20-15-11(2)14(10-18)16(23)21(8-9-22)17(15)24/h4-7,22-23H,3,8-9H2,1-2H3. The highest BCUT2D eigenvalue weighted by Gasteiger charge is 2.18. The van der Waals surface area contributed by atoms with Crippen molar-refractivity contribution in [3.05, 3.63) is 51.3 Å². The van der Waals surface area contributed by atoms with Gasteiger partial charge >= 0.3 is 0 Å². The summed E-state index contributed by atoms with van der Waals surface area (Å²) in [6.07, 6.45) is 0.909. The Morgan fingerprint density at radius 2 is 1.92 bits per heavy atom. The van der Waals surface area contributed by atoms with Crippen LogP contribution in [0.1, 0.15) is 23.6 Å². The second kappa shape index (κ2) is 7.53. The lowest BCUT2D eigenvalue weighted by molar-refractivity contribution is 0.263. The predicted molar refractivity (Wildman–Crippen MR) is 88.9 cm³/mol. The summed E-state index contributed by atoms with van der Waals surface area (Å²) in [7, 11) is 0. The van der Waals surface area contributed by atoms with E-state index >= 15 is 0 Å². The normalized spacial score (nSPS) is 10.9. The van der Waals surface area contributed by atoms with Gasteiger partial charge < -0.3 is 10.2 Å². The van der Waals surface area contributed by atoms with Gasteiger partial charge in [0.25, 0.3) is 5.56 Å². The number of aliphatic hydroxyl groups excluding tert-OH is 1. The number of nitrogens with zero attached hydrogens (tertiary/aromatic N) is 4. The zero-order valence-electron chi connectivity index (χ0n) is 13.5. The van der Waals surface area contributed by atoms with Gasteiger partial charge in [0.15, 0.2) is 5.69 Å². The fraction of sp³-hybridized carbons (Fsp3) is 0.294. The number of hydrogen-bond acceptors (Lipinski definition) is 6. The van der Waals surface area contributed by atoms with Gasteiger partial charge in [-0.1, -0.05) is 19.1 Å². The van der Waals surface area contributed by atoms with Crippen molar-refractivity contribution in [3.8, 4) is 11.9 Å². The molecular formula is C17H18N4O3. The van der Waals surface area contributed by atoms with Crippen molar-refractivity contribution in [2.45, 2.75) is 26.8 Å². The summed E-state index contributed by atoms with van der Waals surface area (Å²) in [5.41, 5.74) is 1.30. The number of aromatic hydroxyl groups is 1. The molecule has 1 aromatic heterocycles. The Labute approximate surface area is 139 Å². The van der Waals surface area contributed by atoms with Gasteiger partial charge in [-0.15, -0.1) is 5.11 Å². The minimum atomic E-state index is -0.605. The average Bonchev–Trinajstić information content (AvgIpc) is 2.59. The van der Waals surface area contributed by atoms with Gasteiger partial charge in [0, 0.05) is 5.56 Å². The van der Waals surface area contributed by atoms with Crippen molar-refractivity contribution >= 4 is 11.4 Å². The highest BCUT2D eigenvalue weighted by molar-refractivity contribution is 5.56. The van der Waals surface area contributed by atoms with Gasteiger partial charge in [-0.3, -0.25) is 9.36 Å². The van der Waals surface area contributed by atoms with Crippen molar-refractivity contribution < 1.29 is 10.2 Å². The van der Waals surface area contributed by atoms with Crippen LogP contribution in [0.15, 0.2) is 39.3 Å². The van der Waals surface area contributed by atoms with Crippen LogP contribution in [0.4, 0.5) is 11.4 Å². The Morgan fingerprint density at radius 3 is 2.46 bits per heavy atom. The lowest BCUT2D eigenvalue weighted by Gasteiger charge is -2.11. The average molecular weight is 326 g/mol. The number of hydrogen-bond donors (Lipinski definition) is 2. The summed E-state index contributed by atoms with van der Waals surface area (Å²) < 4.78 is 0.917. The smallest absolute Gasteiger partial charge is 0.281 e. The van der Waals surface area contributed by atoms with Crippen LogP contribution >= 0.6 is 0 Å². The first-order valence-electron chi connectivity index (χ1n) is 7.51. The van der Waals surface area contributed by atoms with Gasteiger partial charge in [-0.05, 0) is 31.0 Å². The first kappa shape index (κ1) is 17.4. The van der Waals surface area contributed by atoms with Crippen LogP contribution < -0.4 is 5.56 Å². The maximum Gasteiger partial charge on any atom is 0.281 e. The van der Waals surface area contributed by atoms with E-state index in [1.807, 2.05) is 25.1 Å². The molecule has 0 spiro atoms. The van der Waals surface area contributed by atoms with Gasteiger partial charge in [-0.2, -0.15) is 10.4 Å². The Balaban J connectivity index is 2.52. The number of benzene rings is 1. The molecule has 2 rings (SSSR count).